The molecule has 0 unspecified atom stereocenters. The van der Waals surface area contributed by atoms with Crippen LogP contribution in [0.3, 0.4) is 0 Å². The average molecular weight is 1680 g/mol. The summed E-state index contributed by atoms with van der Waals surface area (Å²) in [6.07, 6.45) is 3.83. The van der Waals surface area contributed by atoms with Gasteiger partial charge in [0.15, 0.2) is 11.6 Å². The number of hydrogen-bond acceptors (Lipinski definition) is 4. The quantitative estimate of drug-likeness (QED) is 0.136. The fourth-order valence-corrected chi connectivity index (χ4v) is 21.8. The minimum atomic E-state index is 0.597. The van der Waals surface area contributed by atoms with Gasteiger partial charge in [-0.25, -0.2) is 9.97 Å². The SMILES string of the molecule is N#Cc1cccc(-c2ccnc(-n3c4ccccc4c4cc5c6ccccc6n(-c6ccccc6)c5cc43)c2-n2c3ccccc3c3cc4c5ccccc5n(-c5ccccc5)c4cc32)c1.N#Cc1ccccc1-c1ccnc(-n2c3ccccc3c3cc4c5ccccc5n(-c5ccccc5)c4cc32)c1-n1c2ccccc2c2cc3c4ccccc4n(-c4ccccc4)c3cc21. The molecule has 0 aliphatic rings. The van der Waals surface area contributed by atoms with Gasteiger partial charge >= 0.3 is 0 Å². The molecule has 612 valence electrons. The topological polar surface area (TPSA) is 113 Å². The molecule has 132 heavy (non-hydrogen) atoms. The molecule has 10 aromatic heterocycles. The fourth-order valence-electron chi connectivity index (χ4n) is 21.8. The number of rotatable bonds is 10. The summed E-state index contributed by atoms with van der Waals surface area (Å²) >= 11 is 0. The maximum absolute atomic E-state index is 10.7. The third kappa shape index (κ3) is 10.9. The van der Waals surface area contributed by atoms with Gasteiger partial charge in [0, 0.05) is 138 Å². The van der Waals surface area contributed by atoms with Crippen molar-refractivity contribution in [3.05, 3.63) is 448 Å². The highest BCUT2D eigenvalue weighted by Gasteiger charge is 2.31. The third-order valence-electron chi connectivity index (χ3n) is 27.2. The van der Waals surface area contributed by atoms with Crippen molar-refractivity contribution in [2.45, 2.75) is 0 Å². The summed E-state index contributed by atoms with van der Waals surface area (Å²) in [5.74, 6) is 1.55. The fraction of sp³-hybridized carbons (Fsp3) is 0. The Kier molecular flexibility index (Phi) is 16.3. The molecule has 0 saturated carbocycles. The van der Waals surface area contributed by atoms with Gasteiger partial charge < -0.3 is 27.4 Å². The Morgan fingerprint density at radius 3 is 0.750 bits per heavy atom. The van der Waals surface area contributed by atoms with Crippen LogP contribution in [0.2, 0.25) is 0 Å². The summed E-state index contributed by atoms with van der Waals surface area (Å²) in [5, 5.41) is 39.7. The molecular weight excluding hydrogens is 1610 g/mol. The maximum Gasteiger partial charge on any atom is 0.162 e. The van der Waals surface area contributed by atoms with Crippen molar-refractivity contribution in [3.8, 4) is 80.2 Å². The molecule has 28 rings (SSSR count). The highest BCUT2D eigenvalue weighted by molar-refractivity contribution is 6.25. The Morgan fingerprint density at radius 2 is 0.432 bits per heavy atom. The molecule has 0 radical (unpaired) electrons. The molecule has 0 N–H and O–H groups in total. The first kappa shape index (κ1) is 73.9. The van der Waals surface area contributed by atoms with Crippen molar-refractivity contribution in [2.75, 3.05) is 0 Å². The van der Waals surface area contributed by atoms with E-state index in [9.17, 15) is 10.5 Å². The van der Waals surface area contributed by atoms with Crippen molar-refractivity contribution in [1.82, 2.24) is 46.5 Å². The Balaban J connectivity index is 0.000000135. The molecule has 0 atom stereocenters. The van der Waals surface area contributed by atoms with Crippen LogP contribution in [0.25, 0.3) is 242 Å². The van der Waals surface area contributed by atoms with Gasteiger partial charge in [0.25, 0.3) is 0 Å². The number of benzene rings is 18. The van der Waals surface area contributed by atoms with Gasteiger partial charge in [0.05, 0.1) is 123 Å². The van der Waals surface area contributed by atoms with Crippen molar-refractivity contribution < 1.29 is 0 Å². The molecule has 18 aromatic carbocycles. The minimum absolute atomic E-state index is 0.597. The standard InChI is InChI=1S/2C60H36N6/c61-37-38-16-15-17-39(32-38)42-30-31-62-60(66-54-29-14-10-25-46(54)50-34-48-44-23-8-12-27-52(44)64(56(48)36-58(50)66)41-20-5-2-6-21-41)59(42)65-53-28-13-9-24-45(53)49-33-47-43-22-7-11-26-51(43)63(55(47)35-57(49)65)40-18-3-1-4-19-40;61-37-38-17-7-8-22-41(38)46-31-32-62-60(66-54-30-16-12-26-45(54)50-34-48-43-24-10-14-28-52(43)64(56(48)36-58(50)66)40-20-5-2-6-21-40)59(46)65-53-29-15-11-25-44(53)49-33-47-42-23-9-13-27-51(42)63(55(47)35-57(49)65)39-18-3-1-4-19-39/h2*1-36H. The summed E-state index contributed by atoms with van der Waals surface area (Å²) in [5.41, 5.74) is 28.5. The van der Waals surface area contributed by atoms with Gasteiger partial charge in [-0.05, 0) is 181 Å². The van der Waals surface area contributed by atoms with Crippen LogP contribution in [0.4, 0.5) is 0 Å². The van der Waals surface area contributed by atoms with Crippen LogP contribution in [-0.4, -0.2) is 46.5 Å². The predicted octanol–water partition coefficient (Wildman–Crippen LogP) is 30.0. The summed E-state index contributed by atoms with van der Waals surface area (Å²) in [6.45, 7) is 0. The van der Waals surface area contributed by atoms with E-state index in [-0.39, 0.29) is 0 Å². The van der Waals surface area contributed by atoms with Crippen molar-refractivity contribution in [2.24, 2.45) is 0 Å². The van der Waals surface area contributed by atoms with E-state index in [4.69, 9.17) is 9.97 Å². The minimum Gasteiger partial charge on any atom is -0.309 e. The molecule has 28 aromatic rings. The average Bonchev–Trinajstić information content (AvgIpc) is 1.55. The molecule has 0 amide bonds. The van der Waals surface area contributed by atoms with E-state index >= 15 is 0 Å². The molecule has 0 spiro atoms. The van der Waals surface area contributed by atoms with Crippen molar-refractivity contribution >= 4 is 174 Å². The van der Waals surface area contributed by atoms with Gasteiger partial charge in [0.1, 0.15) is 0 Å². The largest absolute Gasteiger partial charge is 0.309 e. The van der Waals surface area contributed by atoms with Crippen molar-refractivity contribution in [1.29, 1.82) is 10.5 Å². The highest BCUT2D eigenvalue weighted by atomic mass is 15.1. The molecule has 12 nitrogen and oxygen atoms in total. The molecule has 0 bridgehead atoms. The molecule has 0 saturated heterocycles. The number of para-hydroxylation sites is 12. The van der Waals surface area contributed by atoms with E-state index < -0.39 is 0 Å². The van der Waals surface area contributed by atoms with E-state index in [1.54, 1.807) is 0 Å². The number of fused-ring (bicyclic) bond motifs is 24. The normalized spacial score (nSPS) is 11.9. The Hall–Kier alpha value is -18.4. The summed E-state index contributed by atoms with van der Waals surface area (Å²) in [4.78, 5) is 10.9. The Labute approximate surface area is 754 Å². The molecule has 0 fully saturated rings. The van der Waals surface area contributed by atoms with Crippen LogP contribution in [0.1, 0.15) is 11.1 Å². The first-order valence-electron chi connectivity index (χ1n) is 44.6. The van der Waals surface area contributed by atoms with E-state index in [0.717, 1.165) is 199 Å². The van der Waals surface area contributed by atoms with E-state index in [1.165, 1.54) is 43.1 Å². The van der Waals surface area contributed by atoms with Gasteiger partial charge in [-0.3, -0.25) is 9.13 Å². The first-order valence-corrected chi connectivity index (χ1v) is 44.6. The van der Waals surface area contributed by atoms with Crippen molar-refractivity contribution in [3.63, 3.8) is 0 Å². The lowest BCUT2D eigenvalue weighted by Crippen LogP contribution is -2.08. The Bertz CT molecular complexity index is 9820. The van der Waals surface area contributed by atoms with Crippen LogP contribution in [0.15, 0.2) is 437 Å². The monoisotopic (exact) mass is 1680 g/mol. The van der Waals surface area contributed by atoms with Gasteiger partial charge in [-0.15, -0.1) is 0 Å². The lowest BCUT2D eigenvalue weighted by atomic mass is 9.99. The second-order valence-electron chi connectivity index (χ2n) is 34.1. The molecule has 0 aliphatic heterocycles. The number of nitriles is 2. The number of pyridine rings is 2. The van der Waals surface area contributed by atoms with Gasteiger partial charge in [-0.2, -0.15) is 10.5 Å². The summed E-state index contributed by atoms with van der Waals surface area (Å²) < 4.78 is 19.1. The molecule has 0 aliphatic carbocycles. The Morgan fingerprint density at radius 1 is 0.174 bits per heavy atom. The zero-order chi connectivity index (χ0) is 86.9. The van der Waals surface area contributed by atoms with Crippen LogP contribution in [0.5, 0.6) is 0 Å². The van der Waals surface area contributed by atoms with Crippen LogP contribution >= 0.6 is 0 Å². The lowest BCUT2D eigenvalue weighted by Gasteiger charge is -2.20. The number of aromatic nitrogens is 10. The first-order chi connectivity index (χ1) is 65.5. The van der Waals surface area contributed by atoms with E-state index in [2.05, 4.69) is 437 Å². The number of hydrogen-bond donors (Lipinski definition) is 0. The molecule has 10 heterocycles. The highest BCUT2D eigenvalue weighted by Crippen LogP contribution is 2.50. The molecule has 12 heteroatoms. The smallest absolute Gasteiger partial charge is 0.162 e. The second-order valence-corrected chi connectivity index (χ2v) is 34.1. The second kappa shape index (κ2) is 29.1. The van der Waals surface area contributed by atoms with E-state index in [0.29, 0.717) is 11.1 Å². The molecular formula is C120H72N12. The van der Waals surface area contributed by atoms with Crippen LogP contribution < -0.4 is 0 Å². The summed E-state index contributed by atoms with van der Waals surface area (Å²) in [7, 11) is 0. The van der Waals surface area contributed by atoms with Gasteiger partial charge in [0.2, 0.25) is 0 Å². The zero-order valence-electron chi connectivity index (χ0n) is 70.9. The van der Waals surface area contributed by atoms with Crippen LogP contribution in [-0.2, 0) is 0 Å². The van der Waals surface area contributed by atoms with Gasteiger partial charge in [-0.1, -0.05) is 249 Å². The maximum atomic E-state index is 10.7. The third-order valence-corrected chi connectivity index (χ3v) is 27.2. The predicted molar refractivity (Wildman–Crippen MR) is 543 cm³/mol. The summed E-state index contributed by atoms with van der Waals surface area (Å²) in [6, 6.07) is 156. The van der Waals surface area contributed by atoms with E-state index in [1.807, 2.05) is 48.8 Å². The zero-order valence-corrected chi connectivity index (χ0v) is 70.9. The van der Waals surface area contributed by atoms with Crippen LogP contribution in [0, 0.1) is 22.7 Å². The number of nitrogens with zero attached hydrogens (tertiary/aromatic N) is 12. The lowest BCUT2D eigenvalue weighted by molar-refractivity contribution is 1.03.